The smallest absolute Gasteiger partial charge is 0.319 e. The number of carbonyl (C=O) groups excluding carboxylic acids is 1. The summed E-state index contributed by atoms with van der Waals surface area (Å²) >= 11 is 0.942. The molecule has 47 heavy (non-hydrogen) atoms. The number of anilines is 2. The van der Waals surface area contributed by atoms with Crippen molar-refractivity contribution in [2.75, 3.05) is 43.9 Å². The van der Waals surface area contributed by atoms with E-state index in [1.807, 2.05) is 24.9 Å². The molecule has 3 aliphatic rings. The van der Waals surface area contributed by atoms with E-state index in [1.165, 1.54) is 18.2 Å². The second kappa shape index (κ2) is 11.7. The van der Waals surface area contributed by atoms with Gasteiger partial charge < -0.3 is 20.3 Å². The van der Waals surface area contributed by atoms with Crippen LogP contribution in [0.4, 0.5) is 24.0 Å². The van der Waals surface area contributed by atoms with Crippen molar-refractivity contribution in [3.05, 3.63) is 54.1 Å². The fourth-order valence-corrected chi connectivity index (χ4v) is 8.82. The average molecular weight is 662 g/mol. The molecule has 5 heterocycles. The van der Waals surface area contributed by atoms with Gasteiger partial charge in [0.2, 0.25) is 5.91 Å². The molecule has 0 radical (unpaired) electrons. The Morgan fingerprint density at radius 3 is 2.83 bits per heavy atom. The predicted molar refractivity (Wildman–Crippen MR) is 176 cm³/mol. The molecule has 4 atom stereocenters. The van der Waals surface area contributed by atoms with Crippen LogP contribution in [0.15, 0.2) is 36.9 Å². The lowest BCUT2D eigenvalue weighted by Gasteiger charge is -2.33. The number of alkyl halides is 1. The van der Waals surface area contributed by atoms with Crippen LogP contribution in [0, 0.1) is 23.0 Å². The number of hydrogen-bond acceptors (Lipinski definition) is 9. The van der Waals surface area contributed by atoms with Gasteiger partial charge in [-0.2, -0.15) is 15.2 Å². The Hall–Kier alpha value is -4.41. The molecule has 2 N–H and O–H groups in total. The summed E-state index contributed by atoms with van der Waals surface area (Å²) in [5.74, 6) is -1.00. The molecule has 2 aromatic carbocycles. The Bertz CT molecular complexity index is 1980. The molecule has 4 aromatic rings. The second-order valence-electron chi connectivity index (χ2n) is 12.7. The van der Waals surface area contributed by atoms with Gasteiger partial charge in [-0.15, -0.1) is 11.3 Å². The van der Waals surface area contributed by atoms with Crippen molar-refractivity contribution >= 4 is 49.1 Å². The lowest BCUT2D eigenvalue weighted by atomic mass is 9.95. The minimum Gasteiger partial charge on any atom is -0.461 e. The first-order valence-electron chi connectivity index (χ1n) is 15.7. The Morgan fingerprint density at radius 2 is 2.06 bits per heavy atom. The van der Waals surface area contributed by atoms with Gasteiger partial charge in [-0.1, -0.05) is 18.7 Å². The Balaban J connectivity index is 1.35. The van der Waals surface area contributed by atoms with Gasteiger partial charge in [0, 0.05) is 48.9 Å². The molecule has 0 bridgehead atoms. The fourth-order valence-electron chi connectivity index (χ4n) is 7.87. The first-order valence-corrected chi connectivity index (χ1v) is 16.5. The molecule has 13 heteroatoms. The standard InChI is InChI=1S/C34H34F3N7O2S/c1-4-26(45)44-13-10-25(18(44)2)42(3)32-22-7-6-21(20-8-9-24(36)30-27(20)23(15-38)31(39)47-30)28(37)29(22)40-33(41-32)46-17-34-11-5-12-43(34)16-19(35)14-34/h4,6-9,18-19,25H,1,5,10-14,16-17,39H2,2-3H3/t18-,19-,25-,34+/m1/s1. The number of likely N-dealkylation sites (N-methyl/N-ethyl adjacent to an activating group) is 1. The highest BCUT2D eigenvalue weighted by Crippen LogP contribution is 2.44. The first-order chi connectivity index (χ1) is 22.6. The number of nitriles is 1. The summed E-state index contributed by atoms with van der Waals surface area (Å²) in [5, 5.41) is 10.6. The number of nitrogen functional groups attached to an aromatic ring is 1. The number of fused-ring (bicyclic) bond motifs is 3. The minimum absolute atomic E-state index is 0.0197. The van der Waals surface area contributed by atoms with Gasteiger partial charge in [0.15, 0.2) is 5.82 Å². The molecule has 0 aliphatic carbocycles. The van der Waals surface area contributed by atoms with Gasteiger partial charge in [-0.3, -0.25) is 9.69 Å². The molecule has 9 nitrogen and oxygen atoms in total. The third kappa shape index (κ3) is 4.96. The molecule has 3 saturated heterocycles. The van der Waals surface area contributed by atoms with E-state index < -0.39 is 23.3 Å². The summed E-state index contributed by atoms with van der Waals surface area (Å²) in [4.78, 5) is 27.6. The van der Waals surface area contributed by atoms with Crippen molar-refractivity contribution in [1.29, 1.82) is 5.26 Å². The predicted octanol–water partition coefficient (Wildman–Crippen LogP) is 5.81. The van der Waals surface area contributed by atoms with Crippen molar-refractivity contribution < 1.29 is 22.7 Å². The quantitative estimate of drug-likeness (QED) is 0.247. The molecule has 0 spiro atoms. The van der Waals surface area contributed by atoms with E-state index >= 15 is 4.39 Å². The SMILES string of the molecule is C=CC(=O)N1CC[C@@H](N(C)c2nc(OC[C@@]34CCCN3C[C@H](F)C4)nc3c(F)c(-c4ccc(F)c5sc(N)c(C#N)c45)ccc23)[C@H]1C. The van der Waals surface area contributed by atoms with Crippen molar-refractivity contribution in [2.24, 2.45) is 0 Å². The summed E-state index contributed by atoms with van der Waals surface area (Å²) < 4.78 is 52.5. The minimum atomic E-state index is -0.944. The number of nitrogens with zero attached hydrogens (tertiary/aromatic N) is 6. The number of rotatable bonds is 7. The summed E-state index contributed by atoms with van der Waals surface area (Å²) in [5.41, 5.74) is 6.08. The molecule has 2 aromatic heterocycles. The van der Waals surface area contributed by atoms with E-state index in [9.17, 15) is 18.8 Å². The van der Waals surface area contributed by atoms with Gasteiger partial charge in [-0.25, -0.2) is 13.2 Å². The van der Waals surface area contributed by atoms with Gasteiger partial charge in [0.1, 0.15) is 41.0 Å². The largest absolute Gasteiger partial charge is 0.461 e. The van der Waals surface area contributed by atoms with Crippen LogP contribution in [0.3, 0.4) is 0 Å². The van der Waals surface area contributed by atoms with E-state index in [-0.39, 0.29) is 62.3 Å². The summed E-state index contributed by atoms with van der Waals surface area (Å²) in [6, 6.07) is 7.60. The molecule has 0 unspecified atom stereocenters. The van der Waals surface area contributed by atoms with Crippen LogP contribution in [0.2, 0.25) is 0 Å². The zero-order valence-corrected chi connectivity index (χ0v) is 26.9. The number of halogens is 3. The van der Waals surface area contributed by atoms with Gasteiger partial charge in [0.25, 0.3) is 0 Å². The summed E-state index contributed by atoms with van der Waals surface area (Å²) in [6.07, 6.45) is 3.07. The van der Waals surface area contributed by atoms with Crippen LogP contribution in [-0.2, 0) is 4.79 Å². The molecule has 3 fully saturated rings. The van der Waals surface area contributed by atoms with E-state index in [4.69, 9.17) is 15.5 Å². The maximum Gasteiger partial charge on any atom is 0.319 e. The van der Waals surface area contributed by atoms with Crippen molar-refractivity contribution in [3.63, 3.8) is 0 Å². The number of nitrogens with two attached hydrogens (primary N) is 1. The molecule has 7 rings (SSSR count). The van der Waals surface area contributed by atoms with Crippen LogP contribution in [-0.4, -0.2) is 82.8 Å². The molecular weight excluding hydrogens is 627 g/mol. The number of aromatic nitrogens is 2. The number of benzene rings is 2. The lowest BCUT2D eigenvalue weighted by Crippen LogP contribution is -2.44. The Labute approximate surface area is 274 Å². The van der Waals surface area contributed by atoms with Gasteiger partial charge in [-0.05, 0) is 56.5 Å². The molecular formula is C34H34F3N7O2S. The zero-order chi connectivity index (χ0) is 33.2. The van der Waals surface area contributed by atoms with Crippen LogP contribution in [0.5, 0.6) is 6.01 Å². The van der Waals surface area contributed by atoms with Crippen molar-refractivity contribution in [3.8, 4) is 23.2 Å². The summed E-state index contributed by atoms with van der Waals surface area (Å²) in [6.45, 7) is 7.41. The Kier molecular flexibility index (Phi) is 7.75. The van der Waals surface area contributed by atoms with E-state index in [2.05, 4.69) is 16.5 Å². The number of likely N-dealkylation sites (tertiary alicyclic amines) is 1. The monoisotopic (exact) mass is 661 g/mol. The van der Waals surface area contributed by atoms with E-state index in [0.29, 0.717) is 42.7 Å². The third-order valence-corrected chi connectivity index (χ3v) is 11.2. The summed E-state index contributed by atoms with van der Waals surface area (Å²) in [7, 11) is 1.85. The Morgan fingerprint density at radius 1 is 1.28 bits per heavy atom. The normalized spacial score (nSPS) is 24.2. The molecule has 1 amide bonds. The maximum absolute atomic E-state index is 16.8. The van der Waals surface area contributed by atoms with Crippen LogP contribution < -0.4 is 15.4 Å². The van der Waals surface area contributed by atoms with Gasteiger partial charge >= 0.3 is 6.01 Å². The number of carbonyl (C=O) groups is 1. The molecule has 3 aliphatic heterocycles. The van der Waals surface area contributed by atoms with Crippen molar-refractivity contribution in [1.82, 2.24) is 19.8 Å². The topological polar surface area (TPSA) is 112 Å². The van der Waals surface area contributed by atoms with Crippen LogP contribution >= 0.6 is 11.3 Å². The van der Waals surface area contributed by atoms with Gasteiger partial charge in [0.05, 0.1) is 21.8 Å². The number of thiophene rings is 1. The van der Waals surface area contributed by atoms with Crippen molar-refractivity contribution in [2.45, 2.75) is 56.4 Å². The van der Waals surface area contributed by atoms with E-state index in [1.54, 1.807) is 17.0 Å². The third-order valence-electron chi connectivity index (χ3n) is 10.2. The number of amides is 1. The zero-order valence-electron chi connectivity index (χ0n) is 26.1. The van der Waals surface area contributed by atoms with Crippen LogP contribution in [0.25, 0.3) is 32.1 Å². The number of hydrogen-bond donors (Lipinski definition) is 1. The first kappa shape index (κ1) is 31.2. The van der Waals surface area contributed by atoms with E-state index in [0.717, 1.165) is 30.7 Å². The molecule has 0 saturated carbocycles. The average Bonchev–Trinajstić information content (AvgIpc) is 3.80. The number of ether oxygens (including phenoxy) is 1. The highest BCUT2D eigenvalue weighted by molar-refractivity contribution is 7.23. The van der Waals surface area contributed by atoms with Crippen LogP contribution in [0.1, 0.15) is 38.2 Å². The highest BCUT2D eigenvalue weighted by Gasteiger charge is 2.49. The molecule has 244 valence electrons. The lowest BCUT2D eigenvalue weighted by molar-refractivity contribution is -0.126. The highest BCUT2D eigenvalue weighted by atomic mass is 32.1. The maximum atomic E-state index is 16.8. The fraction of sp³-hybridized carbons (Fsp3) is 0.412. The second-order valence-corrected chi connectivity index (χ2v) is 13.8.